The molecule has 0 radical (unpaired) electrons. The first-order valence-electron chi connectivity index (χ1n) is 5.07. The van der Waals surface area contributed by atoms with Crippen LogP contribution in [0.1, 0.15) is 5.69 Å². The smallest absolute Gasteiger partial charge is 0.323 e. The number of rotatable bonds is 7. The third-order valence-electron chi connectivity index (χ3n) is 2.17. The largest absolute Gasteiger partial charge is 0.480 e. The summed E-state index contributed by atoms with van der Waals surface area (Å²) in [6.45, 7) is 0.731. The van der Waals surface area contributed by atoms with E-state index < -0.39 is 12.0 Å². The van der Waals surface area contributed by atoms with Gasteiger partial charge in [-0.2, -0.15) is 5.10 Å². The van der Waals surface area contributed by atoms with Crippen molar-refractivity contribution in [3.63, 3.8) is 0 Å². The molecule has 1 atom stereocenters. The van der Waals surface area contributed by atoms with Gasteiger partial charge >= 0.3 is 5.97 Å². The second-order valence-electron chi connectivity index (χ2n) is 3.53. The van der Waals surface area contributed by atoms with E-state index in [-0.39, 0.29) is 6.61 Å². The van der Waals surface area contributed by atoms with Crippen LogP contribution in [0, 0.1) is 0 Å². The lowest BCUT2D eigenvalue weighted by atomic mass is 10.2. The Morgan fingerprint density at radius 3 is 3.00 bits per heavy atom. The zero-order valence-electron chi connectivity index (χ0n) is 9.51. The molecule has 1 heterocycles. The number of hydrogen-bond donors (Lipinski definition) is 2. The third-order valence-corrected chi connectivity index (χ3v) is 2.17. The van der Waals surface area contributed by atoms with E-state index >= 15 is 0 Å². The number of carbonyl (C=O) groups is 1. The van der Waals surface area contributed by atoms with Crippen molar-refractivity contribution >= 4 is 5.97 Å². The van der Waals surface area contributed by atoms with Gasteiger partial charge in [-0.15, -0.1) is 0 Å². The van der Waals surface area contributed by atoms with Crippen molar-refractivity contribution in [2.45, 2.75) is 12.5 Å². The fourth-order valence-corrected chi connectivity index (χ4v) is 1.36. The maximum atomic E-state index is 10.8. The molecule has 6 heteroatoms. The van der Waals surface area contributed by atoms with Crippen LogP contribution in [0.25, 0.3) is 0 Å². The molecule has 0 aliphatic heterocycles. The third kappa shape index (κ3) is 4.00. The maximum absolute atomic E-state index is 10.8. The molecule has 0 saturated heterocycles. The Hall–Kier alpha value is -1.40. The number of ether oxygens (including phenoxy) is 1. The average Bonchev–Trinajstić information content (AvgIpc) is 2.63. The number of nitrogens with one attached hydrogen (secondary N) is 1. The van der Waals surface area contributed by atoms with Gasteiger partial charge in [0.1, 0.15) is 6.04 Å². The molecule has 2 N–H and O–H groups in total. The summed E-state index contributed by atoms with van der Waals surface area (Å²) in [7, 11) is 3.33. The van der Waals surface area contributed by atoms with E-state index in [1.54, 1.807) is 4.68 Å². The van der Waals surface area contributed by atoms with Gasteiger partial charge < -0.3 is 15.2 Å². The molecule has 90 valence electrons. The molecule has 1 unspecified atom stereocenters. The van der Waals surface area contributed by atoms with Crippen LogP contribution < -0.4 is 5.32 Å². The molecular weight excluding hydrogens is 210 g/mol. The van der Waals surface area contributed by atoms with Gasteiger partial charge in [0.2, 0.25) is 0 Å². The molecule has 16 heavy (non-hydrogen) atoms. The highest BCUT2D eigenvalue weighted by Crippen LogP contribution is 1.95. The van der Waals surface area contributed by atoms with Crippen molar-refractivity contribution in [3.8, 4) is 0 Å². The van der Waals surface area contributed by atoms with Crippen LogP contribution in [0.4, 0.5) is 0 Å². The second-order valence-corrected chi connectivity index (χ2v) is 3.53. The van der Waals surface area contributed by atoms with Gasteiger partial charge in [-0.3, -0.25) is 9.48 Å². The maximum Gasteiger partial charge on any atom is 0.323 e. The molecule has 0 saturated carbocycles. The van der Waals surface area contributed by atoms with Gasteiger partial charge in [-0.05, 0) is 6.07 Å². The quantitative estimate of drug-likeness (QED) is 0.666. The van der Waals surface area contributed by atoms with E-state index in [9.17, 15) is 4.79 Å². The normalized spacial score (nSPS) is 12.6. The number of hydrogen-bond acceptors (Lipinski definition) is 4. The highest BCUT2D eigenvalue weighted by Gasteiger charge is 2.15. The minimum Gasteiger partial charge on any atom is -0.480 e. The molecule has 0 amide bonds. The summed E-state index contributed by atoms with van der Waals surface area (Å²) in [6, 6.07) is 1.25. The minimum atomic E-state index is -0.900. The van der Waals surface area contributed by atoms with E-state index in [4.69, 9.17) is 9.84 Å². The molecule has 1 aromatic heterocycles. The topological polar surface area (TPSA) is 76.4 Å². The van der Waals surface area contributed by atoms with Crippen LogP contribution >= 0.6 is 0 Å². The predicted molar refractivity (Wildman–Crippen MR) is 58.2 cm³/mol. The van der Waals surface area contributed by atoms with Crippen LogP contribution in [0.3, 0.4) is 0 Å². The predicted octanol–water partition coefficient (Wildman–Crippen LogP) is -0.348. The van der Waals surface area contributed by atoms with E-state index in [0.29, 0.717) is 13.0 Å². The van der Waals surface area contributed by atoms with Gasteiger partial charge in [0.05, 0.1) is 12.3 Å². The number of carboxylic acids is 1. The van der Waals surface area contributed by atoms with Crippen molar-refractivity contribution < 1.29 is 14.6 Å². The molecule has 1 aromatic rings. The van der Waals surface area contributed by atoms with Crippen LogP contribution in [-0.2, 0) is 23.0 Å². The van der Waals surface area contributed by atoms with E-state index in [0.717, 1.165) is 5.69 Å². The van der Waals surface area contributed by atoms with Gasteiger partial charge in [-0.25, -0.2) is 0 Å². The Morgan fingerprint density at radius 2 is 2.50 bits per heavy atom. The van der Waals surface area contributed by atoms with Gasteiger partial charge in [0.15, 0.2) is 0 Å². The summed E-state index contributed by atoms with van der Waals surface area (Å²) in [5, 5.41) is 15.9. The summed E-state index contributed by atoms with van der Waals surface area (Å²) >= 11 is 0. The van der Waals surface area contributed by atoms with E-state index in [1.807, 2.05) is 19.3 Å². The fraction of sp³-hybridized carbons (Fsp3) is 0.600. The lowest BCUT2D eigenvalue weighted by Crippen LogP contribution is -2.41. The first-order valence-corrected chi connectivity index (χ1v) is 5.07. The van der Waals surface area contributed by atoms with Crippen molar-refractivity contribution in [1.82, 2.24) is 15.1 Å². The van der Waals surface area contributed by atoms with Crippen molar-refractivity contribution in [2.75, 3.05) is 20.3 Å². The Morgan fingerprint density at radius 1 is 1.75 bits per heavy atom. The number of methoxy groups -OCH3 is 1. The number of carboxylic acid groups (broad SMARTS) is 1. The van der Waals surface area contributed by atoms with E-state index in [1.165, 1.54) is 7.11 Å². The van der Waals surface area contributed by atoms with E-state index in [2.05, 4.69) is 10.4 Å². The minimum absolute atomic E-state index is 0.164. The Labute approximate surface area is 94.2 Å². The highest BCUT2D eigenvalue weighted by atomic mass is 16.5. The summed E-state index contributed by atoms with van der Waals surface area (Å²) in [5.74, 6) is -0.900. The summed E-state index contributed by atoms with van der Waals surface area (Å²) in [4.78, 5) is 10.8. The first-order chi connectivity index (χ1) is 7.63. The first kappa shape index (κ1) is 12.7. The zero-order valence-corrected chi connectivity index (χ0v) is 9.51. The number of nitrogens with zero attached hydrogens (tertiary/aromatic N) is 2. The number of aromatic nitrogens is 2. The lowest BCUT2D eigenvalue weighted by Gasteiger charge is -2.12. The van der Waals surface area contributed by atoms with Crippen molar-refractivity contribution in [1.29, 1.82) is 0 Å². The molecule has 1 rings (SSSR count). The molecule has 0 fully saturated rings. The summed E-state index contributed by atoms with van der Waals surface area (Å²) in [6.07, 6.45) is 2.56. The standard InChI is InChI=1S/C10H17N3O3/c1-13-6-4-8(12-13)3-5-11-9(7-16-2)10(14)15/h4,6,9,11H,3,5,7H2,1-2H3,(H,14,15). The number of aryl methyl sites for hydroxylation is 1. The molecule has 0 spiro atoms. The SMILES string of the molecule is COCC(NCCc1ccn(C)n1)C(=O)O. The average molecular weight is 227 g/mol. The van der Waals surface area contributed by atoms with Crippen molar-refractivity contribution in [3.05, 3.63) is 18.0 Å². The van der Waals surface area contributed by atoms with Crippen LogP contribution in [0.2, 0.25) is 0 Å². The second kappa shape index (κ2) is 6.24. The lowest BCUT2D eigenvalue weighted by molar-refractivity contribution is -0.140. The van der Waals surface area contributed by atoms with Crippen LogP contribution in [0.5, 0.6) is 0 Å². The Balaban J connectivity index is 2.30. The highest BCUT2D eigenvalue weighted by molar-refractivity contribution is 5.73. The van der Waals surface area contributed by atoms with Gasteiger partial charge in [-0.1, -0.05) is 0 Å². The summed E-state index contributed by atoms with van der Waals surface area (Å²) in [5.41, 5.74) is 0.941. The zero-order chi connectivity index (χ0) is 12.0. The Bertz CT molecular complexity index is 338. The van der Waals surface area contributed by atoms with Gasteiger partial charge in [0, 0.05) is 33.3 Å². The molecule has 6 nitrogen and oxygen atoms in total. The molecule has 0 bridgehead atoms. The number of aliphatic carboxylic acids is 1. The van der Waals surface area contributed by atoms with Gasteiger partial charge in [0.25, 0.3) is 0 Å². The monoisotopic (exact) mass is 227 g/mol. The van der Waals surface area contributed by atoms with Crippen LogP contribution in [-0.4, -0.2) is 47.2 Å². The fourth-order valence-electron chi connectivity index (χ4n) is 1.36. The molecule has 0 aliphatic carbocycles. The van der Waals surface area contributed by atoms with Crippen LogP contribution in [0.15, 0.2) is 12.3 Å². The molecular formula is C10H17N3O3. The van der Waals surface area contributed by atoms with Crippen molar-refractivity contribution in [2.24, 2.45) is 7.05 Å². The molecule has 0 aromatic carbocycles. The Kier molecular flexibility index (Phi) is 4.94. The summed E-state index contributed by atoms with van der Waals surface area (Å²) < 4.78 is 6.53. The molecule has 0 aliphatic rings.